The van der Waals surface area contributed by atoms with Gasteiger partial charge in [-0.25, -0.2) is 5.43 Å². The summed E-state index contributed by atoms with van der Waals surface area (Å²) in [7, 11) is 0. The Morgan fingerprint density at radius 2 is 1.57 bits per heavy atom. The molecular formula is C23H17ClN4O2. The third-order valence-corrected chi connectivity index (χ3v) is 4.94. The van der Waals surface area contributed by atoms with Crippen LogP contribution in [0.4, 0.5) is 0 Å². The Morgan fingerprint density at radius 1 is 0.933 bits per heavy atom. The number of nitrogens with zero attached hydrogens (tertiary/aromatic N) is 3. The summed E-state index contributed by atoms with van der Waals surface area (Å²) in [6, 6.07) is 23.1. The van der Waals surface area contributed by atoms with Crippen LogP contribution in [0.5, 0.6) is 0 Å². The number of hydrazone groups is 1. The van der Waals surface area contributed by atoms with Gasteiger partial charge in [0.1, 0.15) is 0 Å². The number of rotatable bonds is 4. The molecule has 3 aromatic carbocycles. The second kappa shape index (κ2) is 8.31. The zero-order valence-corrected chi connectivity index (χ0v) is 16.8. The van der Waals surface area contributed by atoms with Gasteiger partial charge in [0, 0.05) is 16.0 Å². The SMILES string of the molecule is C/C(=N/NC(=O)c1nn(-c2ccccc2)c(=O)c2ccccc12)c1ccccc1Cl. The standard InChI is InChI=1S/C23H17ClN4O2/c1-15(17-11-7-8-14-20(17)24)25-26-22(29)21-18-12-5-6-13-19(18)23(30)28(27-21)16-9-3-2-4-10-16/h2-14H,1H3,(H,26,29)/b25-15-. The van der Waals surface area contributed by atoms with Gasteiger partial charge in [-0.2, -0.15) is 14.9 Å². The first-order valence-corrected chi connectivity index (χ1v) is 9.61. The van der Waals surface area contributed by atoms with E-state index in [1.165, 1.54) is 4.68 Å². The Balaban J connectivity index is 1.77. The van der Waals surface area contributed by atoms with Crippen LogP contribution >= 0.6 is 11.6 Å². The molecule has 6 nitrogen and oxygen atoms in total. The molecule has 0 saturated heterocycles. The highest BCUT2D eigenvalue weighted by molar-refractivity contribution is 6.34. The van der Waals surface area contributed by atoms with Crippen molar-refractivity contribution in [3.05, 3.63) is 105 Å². The van der Waals surface area contributed by atoms with Gasteiger partial charge in [0.2, 0.25) is 0 Å². The molecule has 0 spiro atoms. The van der Waals surface area contributed by atoms with Gasteiger partial charge in [-0.3, -0.25) is 9.59 Å². The van der Waals surface area contributed by atoms with Crippen LogP contribution in [0.25, 0.3) is 16.5 Å². The number of carbonyl (C=O) groups excluding carboxylic acids is 1. The van der Waals surface area contributed by atoms with Crippen LogP contribution in [-0.4, -0.2) is 21.4 Å². The van der Waals surface area contributed by atoms with E-state index in [4.69, 9.17) is 11.6 Å². The highest BCUT2D eigenvalue weighted by Gasteiger charge is 2.17. The molecule has 0 fully saturated rings. The second-order valence-corrected chi connectivity index (χ2v) is 6.97. The van der Waals surface area contributed by atoms with Crippen LogP contribution < -0.4 is 11.0 Å². The third-order valence-electron chi connectivity index (χ3n) is 4.61. The van der Waals surface area contributed by atoms with E-state index in [0.717, 1.165) is 0 Å². The van der Waals surface area contributed by atoms with Crippen LogP contribution in [0.1, 0.15) is 23.0 Å². The lowest BCUT2D eigenvalue weighted by atomic mass is 10.1. The van der Waals surface area contributed by atoms with Gasteiger partial charge in [0.15, 0.2) is 5.69 Å². The second-order valence-electron chi connectivity index (χ2n) is 6.56. The number of hydrogen-bond donors (Lipinski definition) is 1. The van der Waals surface area contributed by atoms with E-state index in [2.05, 4.69) is 15.6 Å². The van der Waals surface area contributed by atoms with Crippen molar-refractivity contribution in [1.82, 2.24) is 15.2 Å². The van der Waals surface area contributed by atoms with Crippen molar-refractivity contribution in [3.8, 4) is 5.69 Å². The zero-order chi connectivity index (χ0) is 21.1. The molecule has 1 aromatic heterocycles. The largest absolute Gasteiger partial charge is 0.292 e. The molecule has 0 bridgehead atoms. The zero-order valence-electron chi connectivity index (χ0n) is 16.0. The van der Waals surface area contributed by atoms with Crippen LogP contribution in [0, 0.1) is 0 Å². The van der Waals surface area contributed by atoms with E-state index >= 15 is 0 Å². The maximum absolute atomic E-state index is 12.9. The summed E-state index contributed by atoms with van der Waals surface area (Å²) in [6.07, 6.45) is 0. The lowest BCUT2D eigenvalue weighted by Crippen LogP contribution is -2.28. The molecule has 1 N–H and O–H groups in total. The molecule has 4 rings (SSSR count). The molecule has 0 atom stereocenters. The van der Waals surface area contributed by atoms with Crippen molar-refractivity contribution in [2.45, 2.75) is 6.92 Å². The molecule has 0 aliphatic carbocycles. The summed E-state index contributed by atoms with van der Waals surface area (Å²) in [6.45, 7) is 1.75. The summed E-state index contributed by atoms with van der Waals surface area (Å²) >= 11 is 6.19. The van der Waals surface area contributed by atoms with Crippen LogP contribution in [-0.2, 0) is 0 Å². The number of halogens is 1. The van der Waals surface area contributed by atoms with E-state index in [1.54, 1.807) is 61.5 Å². The quantitative estimate of drug-likeness (QED) is 0.400. The normalized spacial score (nSPS) is 11.5. The molecule has 4 aromatic rings. The summed E-state index contributed by atoms with van der Waals surface area (Å²) in [5, 5.41) is 9.89. The van der Waals surface area contributed by atoms with Gasteiger partial charge < -0.3 is 0 Å². The van der Waals surface area contributed by atoms with Crippen molar-refractivity contribution < 1.29 is 4.79 Å². The lowest BCUT2D eigenvalue weighted by molar-refractivity contribution is 0.0950. The Morgan fingerprint density at radius 3 is 2.30 bits per heavy atom. The van der Waals surface area contributed by atoms with Crippen LogP contribution in [0.3, 0.4) is 0 Å². The highest BCUT2D eigenvalue weighted by atomic mass is 35.5. The summed E-state index contributed by atoms with van der Waals surface area (Å²) < 4.78 is 1.22. The summed E-state index contributed by atoms with van der Waals surface area (Å²) in [5.74, 6) is -0.526. The van der Waals surface area contributed by atoms with E-state index < -0.39 is 5.91 Å². The fourth-order valence-corrected chi connectivity index (χ4v) is 3.38. The van der Waals surface area contributed by atoms with E-state index in [-0.39, 0.29) is 11.3 Å². The number of nitrogens with one attached hydrogen (secondary N) is 1. The predicted molar refractivity (Wildman–Crippen MR) is 118 cm³/mol. The summed E-state index contributed by atoms with van der Waals surface area (Å²) in [5.41, 5.74) is 4.16. The number of benzene rings is 3. The van der Waals surface area contributed by atoms with E-state index in [9.17, 15) is 9.59 Å². The average molecular weight is 417 g/mol. The molecule has 1 heterocycles. The average Bonchev–Trinajstić information content (AvgIpc) is 2.78. The van der Waals surface area contributed by atoms with E-state index in [0.29, 0.717) is 32.8 Å². The van der Waals surface area contributed by atoms with Gasteiger partial charge >= 0.3 is 0 Å². The maximum Gasteiger partial charge on any atom is 0.292 e. The van der Waals surface area contributed by atoms with Gasteiger partial charge in [-0.1, -0.05) is 66.2 Å². The fourth-order valence-electron chi connectivity index (χ4n) is 3.10. The number of hydrogen-bond acceptors (Lipinski definition) is 4. The first-order valence-electron chi connectivity index (χ1n) is 9.23. The molecule has 1 amide bonds. The number of para-hydroxylation sites is 1. The van der Waals surface area contributed by atoms with Crippen molar-refractivity contribution in [2.75, 3.05) is 0 Å². The van der Waals surface area contributed by atoms with Gasteiger partial charge in [0.05, 0.1) is 16.8 Å². The fraction of sp³-hybridized carbons (Fsp3) is 0.0435. The first-order chi connectivity index (χ1) is 14.6. The minimum absolute atomic E-state index is 0.102. The molecule has 30 heavy (non-hydrogen) atoms. The highest BCUT2D eigenvalue weighted by Crippen LogP contribution is 2.17. The number of fused-ring (bicyclic) bond motifs is 1. The lowest BCUT2D eigenvalue weighted by Gasteiger charge is -2.10. The Kier molecular flexibility index (Phi) is 5.41. The minimum atomic E-state index is -0.526. The first kappa shape index (κ1) is 19.5. The van der Waals surface area contributed by atoms with Crippen LogP contribution in [0.15, 0.2) is 88.8 Å². The van der Waals surface area contributed by atoms with Crippen molar-refractivity contribution in [2.24, 2.45) is 5.10 Å². The molecule has 148 valence electrons. The van der Waals surface area contributed by atoms with E-state index in [1.807, 2.05) is 24.3 Å². The molecule has 0 aliphatic heterocycles. The predicted octanol–water partition coefficient (Wildman–Crippen LogP) is 4.19. The number of aromatic nitrogens is 2. The summed E-state index contributed by atoms with van der Waals surface area (Å²) in [4.78, 5) is 25.9. The molecular weight excluding hydrogens is 400 g/mol. The van der Waals surface area contributed by atoms with Crippen LogP contribution in [0.2, 0.25) is 5.02 Å². The molecule has 0 unspecified atom stereocenters. The smallest absolute Gasteiger partial charge is 0.267 e. The van der Waals surface area contributed by atoms with Crippen molar-refractivity contribution in [3.63, 3.8) is 0 Å². The monoisotopic (exact) mass is 416 g/mol. The topological polar surface area (TPSA) is 76.3 Å². The van der Waals surface area contributed by atoms with Gasteiger partial charge in [-0.05, 0) is 31.2 Å². The third kappa shape index (κ3) is 3.73. The molecule has 0 saturated carbocycles. The maximum atomic E-state index is 12.9. The number of carbonyl (C=O) groups is 1. The minimum Gasteiger partial charge on any atom is -0.267 e. The van der Waals surface area contributed by atoms with Gasteiger partial charge in [0.25, 0.3) is 11.5 Å². The van der Waals surface area contributed by atoms with Crippen molar-refractivity contribution >= 4 is 34.0 Å². The Labute approximate surface area is 177 Å². The number of amides is 1. The Hall–Kier alpha value is -3.77. The molecule has 0 radical (unpaired) electrons. The van der Waals surface area contributed by atoms with Gasteiger partial charge in [-0.15, -0.1) is 0 Å². The molecule has 7 heteroatoms. The Bertz CT molecular complexity index is 1330. The molecule has 0 aliphatic rings. The van der Waals surface area contributed by atoms with Crippen molar-refractivity contribution in [1.29, 1.82) is 0 Å².